The summed E-state index contributed by atoms with van der Waals surface area (Å²) in [4.78, 5) is 22.1. The van der Waals surface area contributed by atoms with Crippen LogP contribution in [0.2, 0.25) is 0 Å². The summed E-state index contributed by atoms with van der Waals surface area (Å²) in [5, 5.41) is 20.7. The normalized spacial score (nSPS) is 27.9. The van der Waals surface area contributed by atoms with Crippen molar-refractivity contribution in [3.63, 3.8) is 0 Å². The Bertz CT molecular complexity index is 773. The third kappa shape index (κ3) is 5.86. The highest BCUT2D eigenvalue weighted by Crippen LogP contribution is 2.38. The topological polar surface area (TPSA) is 136 Å². The highest BCUT2D eigenvalue weighted by atomic mass is 16.8. The molecule has 4 atom stereocenters. The number of nitrogens with zero attached hydrogens (tertiary/aromatic N) is 1. The first-order valence-electron chi connectivity index (χ1n) is 9.42. The van der Waals surface area contributed by atoms with Crippen molar-refractivity contribution >= 4 is 11.8 Å². The number of carbonyl (C=O) groups excluding carboxylic acids is 1. The Morgan fingerprint density at radius 2 is 1.97 bits per heavy atom. The number of aliphatic hydroxyl groups is 1. The van der Waals surface area contributed by atoms with Crippen LogP contribution in [-0.4, -0.2) is 59.0 Å². The molecule has 166 valence electrons. The zero-order chi connectivity index (χ0) is 22.1. The van der Waals surface area contributed by atoms with Crippen molar-refractivity contribution in [2.24, 2.45) is 0 Å². The zero-order valence-corrected chi connectivity index (χ0v) is 17.1. The summed E-state index contributed by atoms with van der Waals surface area (Å²) in [5.74, 6) is -2.18. The summed E-state index contributed by atoms with van der Waals surface area (Å²) in [6.07, 6.45) is -3.13. The Morgan fingerprint density at radius 3 is 2.57 bits per heavy atom. The van der Waals surface area contributed by atoms with E-state index in [1.165, 1.54) is 38.1 Å². The summed E-state index contributed by atoms with van der Waals surface area (Å²) < 4.78 is 33.2. The van der Waals surface area contributed by atoms with Crippen molar-refractivity contribution in [1.29, 1.82) is 0 Å². The summed E-state index contributed by atoms with van der Waals surface area (Å²) in [7, 11) is 0. The number of nitro groups is 1. The molecule has 0 aromatic heterocycles. The van der Waals surface area contributed by atoms with E-state index in [-0.39, 0.29) is 24.5 Å². The van der Waals surface area contributed by atoms with E-state index < -0.39 is 47.3 Å². The summed E-state index contributed by atoms with van der Waals surface area (Å²) in [6.45, 7) is 6.34. The fraction of sp³-hybridized carbons (Fsp3) is 0.632. The highest BCUT2D eigenvalue weighted by Gasteiger charge is 2.52. The van der Waals surface area contributed by atoms with Crippen LogP contribution >= 0.6 is 0 Å². The molecule has 1 N–H and O–H groups in total. The van der Waals surface area contributed by atoms with Gasteiger partial charge in [-0.3, -0.25) is 10.1 Å². The van der Waals surface area contributed by atoms with Gasteiger partial charge in [0, 0.05) is 18.6 Å². The number of carbonyl (C=O) groups is 1. The molecule has 0 bridgehead atoms. The van der Waals surface area contributed by atoms with Gasteiger partial charge in [0.1, 0.15) is 18.5 Å². The average molecular weight is 427 g/mol. The van der Waals surface area contributed by atoms with Gasteiger partial charge in [0.05, 0.1) is 17.1 Å². The molecule has 2 aliphatic rings. The lowest BCUT2D eigenvalue weighted by atomic mass is 10.0. The number of nitro benzene ring substituents is 1. The predicted molar refractivity (Wildman–Crippen MR) is 99.6 cm³/mol. The van der Waals surface area contributed by atoms with E-state index in [1.54, 1.807) is 13.8 Å². The van der Waals surface area contributed by atoms with Gasteiger partial charge in [0.25, 0.3) is 5.69 Å². The van der Waals surface area contributed by atoms with Gasteiger partial charge < -0.3 is 33.5 Å². The lowest BCUT2D eigenvalue weighted by Gasteiger charge is -2.38. The van der Waals surface area contributed by atoms with Crippen molar-refractivity contribution in [3.05, 3.63) is 34.4 Å². The molecule has 1 aromatic carbocycles. The standard InChI is InChI=1S/C19H25NO10/c1-18(2,22)28-14-9-13(26-16-15(14)29-19(3,4)30-16)10-25-17(21)27-12-7-5-11(6-8-12)20(23)24/h5-8,13-16,22H,9-10H2,1-4H3/t13-,14-,15+,16+/m0/s1. The maximum Gasteiger partial charge on any atom is 0.513 e. The van der Waals surface area contributed by atoms with Gasteiger partial charge in [-0.25, -0.2) is 4.79 Å². The van der Waals surface area contributed by atoms with E-state index in [9.17, 15) is 20.0 Å². The van der Waals surface area contributed by atoms with Gasteiger partial charge in [-0.1, -0.05) is 0 Å². The molecule has 1 aromatic rings. The van der Waals surface area contributed by atoms with E-state index in [0.29, 0.717) is 0 Å². The minimum atomic E-state index is -1.40. The molecule has 0 aliphatic carbocycles. The average Bonchev–Trinajstić information content (AvgIpc) is 2.93. The molecule has 11 heteroatoms. The van der Waals surface area contributed by atoms with Gasteiger partial charge in [-0.2, -0.15) is 0 Å². The number of hydrogen-bond donors (Lipinski definition) is 1. The van der Waals surface area contributed by atoms with Gasteiger partial charge in [0.15, 0.2) is 17.9 Å². The maximum atomic E-state index is 12.0. The summed E-state index contributed by atoms with van der Waals surface area (Å²) in [6, 6.07) is 5.01. The van der Waals surface area contributed by atoms with Gasteiger partial charge in [0.2, 0.25) is 0 Å². The SMILES string of the molecule is CC(C)(O)O[C@H]1C[C@@H](COC(=O)Oc2ccc([N+](=O)[O-])cc2)O[C@@H]2OC(C)(C)O[C@@H]21. The van der Waals surface area contributed by atoms with E-state index in [1.807, 2.05) is 0 Å². The fourth-order valence-corrected chi connectivity index (χ4v) is 3.27. The third-order valence-corrected chi connectivity index (χ3v) is 4.35. The number of rotatable bonds is 6. The number of benzene rings is 1. The molecule has 30 heavy (non-hydrogen) atoms. The molecule has 2 aliphatic heterocycles. The van der Waals surface area contributed by atoms with Crippen LogP contribution in [0.25, 0.3) is 0 Å². The molecular formula is C19H25NO10. The van der Waals surface area contributed by atoms with Crippen LogP contribution < -0.4 is 4.74 Å². The molecule has 2 saturated heterocycles. The molecule has 0 unspecified atom stereocenters. The smallest absolute Gasteiger partial charge is 0.431 e. The number of non-ortho nitro benzene ring substituents is 1. The molecular weight excluding hydrogens is 402 g/mol. The summed E-state index contributed by atoms with van der Waals surface area (Å²) >= 11 is 0. The Kier molecular flexibility index (Phi) is 6.29. The first kappa shape index (κ1) is 22.4. The molecule has 3 rings (SSSR count). The number of hydrogen-bond acceptors (Lipinski definition) is 10. The lowest BCUT2D eigenvalue weighted by molar-refractivity contribution is -0.384. The Morgan fingerprint density at radius 1 is 1.30 bits per heavy atom. The van der Waals surface area contributed by atoms with Crippen LogP contribution in [0.3, 0.4) is 0 Å². The minimum absolute atomic E-state index is 0.104. The molecule has 0 radical (unpaired) electrons. The second kappa shape index (κ2) is 8.44. The van der Waals surface area contributed by atoms with Crippen LogP contribution in [0.15, 0.2) is 24.3 Å². The molecule has 2 heterocycles. The van der Waals surface area contributed by atoms with Gasteiger partial charge in [-0.15, -0.1) is 0 Å². The number of fused-ring (bicyclic) bond motifs is 1. The Hall–Kier alpha value is -2.31. The second-order valence-electron chi connectivity index (χ2n) is 7.98. The fourth-order valence-electron chi connectivity index (χ4n) is 3.27. The van der Waals surface area contributed by atoms with Crippen molar-refractivity contribution in [1.82, 2.24) is 0 Å². The van der Waals surface area contributed by atoms with Crippen LogP contribution in [0.5, 0.6) is 5.75 Å². The Balaban J connectivity index is 1.56. The largest absolute Gasteiger partial charge is 0.513 e. The lowest BCUT2D eigenvalue weighted by Crippen LogP contribution is -2.51. The minimum Gasteiger partial charge on any atom is -0.431 e. The maximum absolute atomic E-state index is 12.0. The van der Waals surface area contributed by atoms with Crippen LogP contribution in [-0.2, 0) is 23.7 Å². The predicted octanol–water partition coefficient (Wildman–Crippen LogP) is 2.49. The van der Waals surface area contributed by atoms with E-state index in [4.69, 9.17) is 28.4 Å². The molecule has 0 saturated carbocycles. The summed E-state index contributed by atoms with van der Waals surface area (Å²) in [5.41, 5.74) is -0.125. The van der Waals surface area contributed by atoms with Crippen molar-refractivity contribution < 1.29 is 43.2 Å². The Labute approximate surface area is 172 Å². The van der Waals surface area contributed by atoms with Gasteiger partial charge in [-0.05, 0) is 39.8 Å². The van der Waals surface area contributed by atoms with Gasteiger partial charge >= 0.3 is 6.16 Å². The van der Waals surface area contributed by atoms with Crippen LogP contribution in [0, 0.1) is 10.1 Å². The van der Waals surface area contributed by atoms with Crippen molar-refractivity contribution in [3.8, 4) is 5.75 Å². The van der Waals surface area contributed by atoms with Crippen molar-refractivity contribution in [2.75, 3.05) is 6.61 Å². The molecule has 0 spiro atoms. The van der Waals surface area contributed by atoms with Crippen LogP contribution in [0.4, 0.5) is 10.5 Å². The zero-order valence-electron chi connectivity index (χ0n) is 17.1. The molecule has 2 fully saturated rings. The van der Waals surface area contributed by atoms with E-state index in [0.717, 1.165) is 0 Å². The van der Waals surface area contributed by atoms with Crippen LogP contribution in [0.1, 0.15) is 34.1 Å². The van der Waals surface area contributed by atoms with E-state index >= 15 is 0 Å². The second-order valence-corrected chi connectivity index (χ2v) is 7.98. The highest BCUT2D eigenvalue weighted by molar-refractivity contribution is 5.64. The third-order valence-electron chi connectivity index (χ3n) is 4.35. The van der Waals surface area contributed by atoms with E-state index in [2.05, 4.69) is 0 Å². The molecule has 0 amide bonds. The first-order chi connectivity index (χ1) is 13.9. The number of ether oxygens (including phenoxy) is 6. The first-order valence-corrected chi connectivity index (χ1v) is 9.42. The quantitative estimate of drug-likeness (QED) is 0.237. The van der Waals surface area contributed by atoms with Crippen molar-refractivity contribution in [2.45, 2.75) is 70.3 Å². The monoisotopic (exact) mass is 427 g/mol. The molecule has 11 nitrogen and oxygen atoms in total.